The number of carbonyl (C=O) groups is 1. The van der Waals surface area contributed by atoms with E-state index in [1.165, 1.54) is 0 Å². The number of hydrogen-bond donors (Lipinski definition) is 1. The van der Waals surface area contributed by atoms with Crippen LogP contribution in [0.4, 0.5) is 0 Å². The summed E-state index contributed by atoms with van der Waals surface area (Å²) in [6.45, 7) is 0. The van der Waals surface area contributed by atoms with Crippen molar-refractivity contribution < 1.29 is 9.53 Å². The molecule has 1 N–H and O–H groups in total. The molecule has 0 aliphatic heterocycles. The van der Waals surface area contributed by atoms with Crippen molar-refractivity contribution in [1.29, 1.82) is 0 Å². The number of aromatic nitrogens is 2. The lowest BCUT2D eigenvalue weighted by molar-refractivity contribution is 0.0734. The summed E-state index contributed by atoms with van der Waals surface area (Å²) in [6, 6.07) is 22.0. The van der Waals surface area contributed by atoms with E-state index < -0.39 is 5.97 Å². The predicted octanol–water partition coefficient (Wildman–Crippen LogP) is 5.73. The third-order valence-corrected chi connectivity index (χ3v) is 5.15. The number of halogens is 1. The van der Waals surface area contributed by atoms with Crippen LogP contribution in [-0.4, -0.2) is 15.9 Å². The number of benzene rings is 3. The molecule has 0 spiro atoms. The Morgan fingerprint density at radius 3 is 2.48 bits per heavy atom. The molecule has 1 aromatic heterocycles. The number of H-pyrrole nitrogens is 1. The van der Waals surface area contributed by atoms with Gasteiger partial charge in [0.05, 0.1) is 16.6 Å². The average Bonchev–Trinajstić information content (AvgIpc) is 3.11. The summed E-state index contributed by atoms with van der Waals surface area (Å²) in [5.74, 6) is 0.870. The number of para-hydroxylation sites is 2. The van der Waals surface area contributed by atoms with Crippen LogP contribution in [0, 0.1) is 0 Å². The number of fused-ring (bicyclic) bond motifs is 1. The van der Waals surface area contributed by atoms with Crippen molar-refractivity contribution in [2.45, 2.75) is 10.9 Å². The lowest BCUT2D eigenvalue weighted by atomic mass is 10.2. The summed E-state index contributed by atoms with van der Waals surface area (Å²) >= 11 is 7.46. The van der Waals surface area contributed by atoms with Crippen LogP contribution in [0.5, 0.6) is 5.75 Å². The Balaban J connectivity index is 1.37. The van der Waals surface area contributed by atoms with E-state index in [0.717, 1.165) is 27.5 Å². The third kappa shape index (κ3) is 4.32. The van der Waals surface area contributed by atoms with Crippen molar-refractivity contribution in [1.82, 2.24) is 9.97 Å². The van der Waals surface area contributed by atoms with Gasteiger partial charge in [0.2, 0.25) is 0 Å². The Hall–Kier alpha value is -2.76. The fourth-order valence-electron chi connectivity index (χ4n) is 2.56. The molecule has 27 heavy (non-hydrogen) atoms. The molecule has 0 unspecified atom stereocenters. The van der Waals surface area contributed by atoms with Crippen LogP contribution in [0.3, 0.4) is 0 Å². The number of thioether (sulfide) groups is 1. The average molecular weight is 395 g/mol. The Labute approximate surface area is 165 Å². The molecule has 0 atom stereocenters. The summed E-state index contributed by atoms with van der Waals surface area (Å²) in [5, 5.41) is 1.47. The Morgan fingerprint density at radius 1 is 1.00 bits per heavy atom. The summed E-state index contributed by atoms with van der Waals surface area (Å²) in [4.78, 5) is 20.0. The van der Waals surface area contributed by atoms with E-state index in [-0.39, 0.29) is 0 Å². The Bertz CT molecular complexity index is 1040. The van der Waals surface area contributed by atoms with Crippen molar-refractivity contribution >= 4 is 40.4 Å². The minimum atomic E-state index is -0.406. The van der Waals surface area contributed by atoms with Crippen LogP contribution in [0.1, 0.15) is 15.9 Å². The summed E-state index contributed by atoms with van der Waals surface area (Å²) in [7, 11) is 0. The first-order valence-corrected chi connectivity index (χ1v) is 9.68. The van der Waals surface area contributed by atoms with Gasteiger partial charge in [0.25, 0.3) is 0 Å². The van der Waals surface area contributed by atoms with Gasteiger partial charge < -0.3 is 9.72 Å². The Morgan fingerprint density at radius 2 is 1.74 bits per heavy atom. The van der Waals surface area contributed by atoms with Gasteiger partial charge in [-0.25, -0.2) is 9.78 Å². The minimum Gasteiger partial charge on any atom is -0.423 e. The highest BCUT2D eigenvalue weighted by atomic mass is 35.5. The van der Waals surface area contributed by atoms with E-state index in [4.69, 9.17) is 16.3 Å². The standard InChI is InChI=1S/C21H15ClN2O2S/c22-16-9-7-15(8-10-16)20(25)26-17-11-5-14(6-12-17)13-27-21-23-18-3-1-2-4-19(18)24-21/h1-12H,13H2,(H,23,24). The second kappa shape index (κ2) is 7.86. The normalized spacial score (nSPS) is 10.9. The maximum absolute atomic E-state index is 12.1. The van der Waals surface area contributed by atoms with Gasteiger partial charge in [-0.05, 0) is 54.1 Å². The van der Waals surface area contributed by atoms with E-state index >= 15 is 0 Å². The van der Waals surface area contributed by atoms with Gasteiger partial charge in [-0.1, -0.05) is 47.6 Å². The van der Waals surface area contributed by atoms with E-state index in [2.05, 4.69) is 9.97 Å². The van der Waals surface area contributed by atoms with Crippen LogP contribution >= 0.6 is 23.4 Å². The van der Waals surface area contributed by atoms with E-state index in [1.807, 2.05) is 36.4 Å². The fraction of sp³-hybridized carbons (Fsp3) is 0.0476. The van der Waals surface area contributed by atoms with Crippen LogP contribution in [0.15, 0.2) is 78.0 Å². The maximum atomic E-state index is 12.1. The molecule has 0 aliphatic carbocycles. The minimum absolute atomic E-state index is 0.406. The van der Waals surface area contributed by atoms with Crippen molar-refractivity contribution in [3.05, 3.63) is 88.9 Å². The van der Waals surface area contributed by atoms with E-state index in [9.17, 15) is 4.79 Å². The molecule has 0 radical (unpaired) electrons. The number of imidazole rings is 1. The van der Waals surface area contributed by atoms with E-state index in [0.29, 0.717) is 16.3 Å². The first-order valence-electron chi connectivity index (χ1n) is 8.32. The van der Waals surface area contributed by atoms with Crippen molar-refractivity contribution in [2.24, 2.45) is 0 Å². The first kappa shape index (κ1) is 17.6. The van der Waals surface area contributed by atoms with Gasteiger partial charge in [-0.2, -0.15) is 0 Å². The molecule has 134 valence electrons. The molecule has 0 saturated carbocycles. The zero-order valence-electron chi connectivity index (χ0n) is 14.2. The number of hydrogen-bond acceptors (Lipinski definition) is 4. The monoisotopic (exact) mass is 394 g/mol. The van der Waals surface area contributed by atoms with Gasteiger partial charge in [0, 0.05) is 10.8 Å². The fourth-order valence-corrected chi connectivity index (χ4v) is 3.52. The molecule has 0 saturated heterocycles. The Kier molecular flexibility index (Phi) is 5.14. The van der Waals surface area contributed by atoms with Crippen LogP contribution in [0.25, 0.3) is 11.0 Å². The second-order valence-corrected chi connectivity index (χ2v) is 7.29. The van der Waals surface area contributed by atoms with Gasteiger partial charge >= 0.3 is 5.97 Å². The number of esters is 1. The smallest absolute Gasteiger partial charge is 0.343 e. The number of nitrogens with one attached hydrogen (secondary N) is 1. The molecule has 1 heterocycles. The summed E-state index contributed by atoms with van der Waals surface area (Å²) in [5.41, 5.74) is 3.57. The number of rotatable bonds is 5. The highest BCUT2D eigenvalue weighted by Crippen LogP contribution is 2.24. The molecule has 4 rings (SSSR count). The topological polar surface area (TPSA) is 55.0 Å². The molecule has 0 amide bonds. The van der Waals surface area contributed by atoms with Crippen molar-refractivity contribution in [2.75, 3.05) is 0 Å². The number of nitrogens with zero attached hydrogens (tertiary/aromatic N) is 1. The predicted molar refractivity (Wildman–Crippen MR) is 109 cm³/mol. The lowest BCUT2D eigenvalue weighted by Crippen LogP contribution is -2.08. The van der Waals surface area contributed by atoms with Crippen LogP contribution in [0.2, 0.25) is 5.02 Å². The first-order chi connectivity index (χ1) is 13.2. The second-order valence-electron chi connectivity index (χ2n) is 5.89. The summed E-state index contributed by atoms with van der Waals surface area (Å²) < 4.78 is 5.39. The highest BCUT2D eigenvalue weighted by molar-refractivity contribution is 7.98. The molecule has 4 aromatic rings. The quantitative estimate of drug-likeness (QED) is 0.267. The zero-order valence-corrected chi connectivity index (χ0v) is 15.8. The van der Waals surface area contributed by atoms with Gasteiger partial charge in [-0.3, -0.25) is 0 Å². The third-order valence-electron chi connectivity index (χ3n) is 3.96. The largest absolute Gasteiger partial charge is 0.423 e. The van der Waals surface area contributed by atoms with Gasteiger partial charge in [0.15, 0.2) is 5.16 Å². The summed E-state index contributed by atoms with van der Waals surface area (Å²) in [6.07, 6.45) is 0. The molecule has 0 bridgehead atoms. The van der Waals surface area contributed by atoms with Crippen LogP contribution < -0.4 is 4.74 Å². The van der Waals surface area contributed by atoms with Gasteiger partial charge in [0.1, 0.15) is 5.75 Å². The molecular weight excluding hydrogens is 380 g/mol. The van der Waals surface area contributed by atoms with Crippen molar-refractivity contribution in [3.8, 4) is 5.75 Å². The molecule has 3 aromatic carbocycles. The van der Waals surface area contributed by atoms with E-state index in [1.54, 1.807) is 48.2 Å². The number of ether oxygens (including phenoxy) is 1. The molecule has 0 aliphatic rings. The molecule has 4 nitrogen and oxygen atoms in total. The number of carbonyl (C=O) groups excluding carboxylic acids is 1. The zero-order chi connectivity index (χ0) is 18.6. The molecule has 0 fully saturated rings. The highest BCUT2D eigenvalue weighted by Gasteiger charge is 2.09. The number of aromatic amines is 1. The van der Waals surface area contributed by atoms with Crippen molar-refractivity contribution in [3.63, 3.8) is 0 Å². The molecular formula is C21H15ClN2O2S. The van der Waals surface area contributed by atoms with Gasteiger partial charge in [-0.15, -0.1) is 0 Å². The van der Waals surface area contributed by atoms with Crippen LogP contribution in [-0.2, 0) is 5.75 Å². The molecule has 6 heteroatoms. The SMILES string of the molecule is O=C(Oc1ccc(CSc2nc3ccccc3[nH]2)cc1)c1ccc(Cl)cc1. The maximum Gasteiger partial charge on any atom is 0.343 e. The lowest BCUT2D eigenvalue weighted by Gasteiger charge is -2.05.